The van der Waals surface area contributed by atoms with Crippen molar-refractivity contribution in [1.29, 1.82) is 5.26 Å². The normalized spacial score (nSPS) is 18.7. The summed E-state index contributed by atoms with van der Waals surface area (Å²) in [7, 11) is 2.13. The van der Waals surface area contributed by atoms with Crippen molar-refractivity contribution in [3.63, 3.8) is 0 Å². The summed E-state index contributed by atoms with van der Waals surface area (Å²) in [4.78, 5) is 3.65. The average Bonchev–Trinajstić information content (AvgIpc) is 2.27. The minimum Gasteiger partial charge on any atom is -0.369 e. The molecule has 0 spiro atoms. The molecule has 1 aliphatic rings. The Bertz CT molecular complexity index is 467. The van der Waals surface area contributed by atoms with Crippen molar-refractivity contribution in [3.05, 3.63) is 22.2 Å². The highest BCUT2D eigenvalue weighted by molar-refractivity contribution is 9.10. The van der Waals surface area contributed by atoms with E-state index in [9.17, 15) is 0 Å². The van der Waals surface area contributed by atoms with E-state index in [-0.39, 0.29) is 0 Å². The van der Waals surface area contributed by atoms with Crippen molar-refractivity contribution in [2.75, 3.05) is 17.7 Å². The third-order valence-corrected chi connectivity index (χ3v) is 4.87. The van der Waals surface area contributed by atoms with Crippen molar-refractivity contribution in [2.45, 2.75) is 30.7 Å². The highest BCUT2D eigenvalue weighted by Gasteiger charge is 2.25. The Morgan fingerprint density at radius 2 is 2.35 bits per heavy atom. The van der Waals surface area contributed by atoms with Gasteiger partial charge in [0.1, 0.15) is 0 Å². The Kier molecular flexibility index (Phi) is 4.01. The summed E-state index contributed by atoms with van der Waals surface area (Å²) in [5.41, 5.74) is 2.56. The summed E-state index contributed by atoms with van der Waals surface area (Å²) in [5, 5.41) is 8.68. The van der Waals surface area contributed by atoms with Crippen LogP contribution in [0.5, 0.6) is 0 Å². The van der Waals surface area contributed by atoms with Crippen molar-refractivity contribution in [2.24, 2.45) is 0 Å². The molecule has 1 aliphatic heterocycles. The second kappa shape index (κ2) is 5.32. The molecule has 2 rings (SSSR count). The van der Waals surface area contributed by atoms with Crippen molar-refractivity contribution < 1.29 is 0 Å². The molecule has 2 nitrogen and oxygen atoms in total. The molecule has 0 aliphatic carbocycles. The predicted molar refractivity (Wildman–Crippen MR) is 76.6 cm³/mol. The number of aryl methyl sites for hydroxylation is 1. The van der Waals surface area contributed by atoms with Gasteiger partial charge in [0.2, 0.25) is 0 Å². The molecule has 0 fully saturated rings. The molecule has 0 N–H and O–H groups in total. The first kappa shape index (κ1) is 12.8. The molecule has 0 saturated carbocycles. The van der Waals surface area contributed by atoms with Gasteiger partial charge in [0.05, 0.1) is 11.8 Å². The topological polar surface area (TPSA) is 27.0 Å². The van der Waals surface area contributed by atoms with Gasteiger partial charge in [0.15, 0.2) is 0 Å². The first-order chi connectivity index (χ1) is 8.13. The van der Waals surface area contributed by atoms with Gasteiger partial charge in [-0.3, -0.25) is 0 Å². The van der Waals surface area contributed by atoms with Gasteiger partial charge in [-0.1, -0.05) is 0 Å². The fraction of sp³-hybridized carbons (Fsp3) is 0.462. The summed E-state index contributed by atoms with van der Waals surface area (Å²) in [6, 6.07) is 7.09. The third-order valence-electron chi connectivity index (χ3n) is 3.09. The Labute approximate surface area is 115 Å². The van der Waals surface area contributed by atoms with Gasteiger partial charge >= 0.3 is 0 Å². The van der Waals surface area contributed by atoms with E-state index >= 15 is 0 Å². The van der Waals surface area contributed by atoms with E-state index < -0.39 is 0 Å². The van der Waals surface area contributed by atoms with E-state index in [2.05, 4.69) is 53.0 Å². The molecule has 0 bridgehead atoms. The standard InChI is InChI=1S/C13H15BrN2S/c1-9-6-11(14)13-12(7-9)17-8-10(16(13)2)4-3-5-15/h6-7,10H,3-4,8H2,1-2H3. The molecular formula is C13H15BrN2S. The number of nitriles is 1. The van der Waals surface area contributed by atoms with Crippen molar-refractivity contribution >= 4 is 33.4 Å². The van der Waals surface area contributed by atoms with E-state index in [1.807, 2.05) is 11.8 Å². The molecule has 0 saturated heterocycles. The van der Waals surface area contributed by atoms with Crippen molar-refractivity contribution in [3.8, 4) is 6.07 Å². The monoisotopic (exact) mass is 310 g/mol. The van der Waals surface area contributed by atoms with Crippen LogP contribution in [0.4, 0.5) is 5.69 Å². The first-order valence-electron chi connectivity index (χ1n) is 5.66. The van der Waals surface area contributed by atoms with Crippen LogP contribution in [0.2, 0.25) is 0 Å². The zero-order valence-corrected chi connectivity index (χ0v) is 12.4. The lowest BCUT2D eigenvalue weighted by Gasteiger charge is -2.36. The summed E-state index contributed by atoms with van der Waals surface area (Å²) in [5.74, 6) is 1.07. The van der Waals surface area contributed by atoms with Crippen LogP contribution in [-0.2, 0) is 0 Å². The fourth-order valence-electron chi connectivity index (χ4n) is 2.14. The molecule has 90 valence electrons. The number of hydrogen-bond acceptors (Lipinski definition) is 3. The van der Waals surface area contributed by atoms with E-state index in [0.717, 1.165) is 16.6 Å². The van der Waals surface area contributed by atoms with E-state index in [0.29, 0.717) is 12.5 Å². The quantitative estimate of drug-likeness (QED) is 0.827. The minimum atomic E-state index is 0.464. The Hall–Kier alpha value is -0.660. The van der Waals surface area contributed by atoms with E-state index in [1.54, 1.807) is 0 Å². The molecule has 0 aromatic heterocycles. The molecule has 0 radical (unpaired) electrons. The predicted octanol–water partition coefficient (Wildman–Crippen LogP) is 3.97. The van der Waals surface area contributed by atoms with Crippen molar-refractivity contribution in [1.82, 2.24) is 0 Å². The lowest BCUT2D eigenvalue weighted by Crippen LogP contribution is -2.36. The van der Waals surface area contributed by atoms with Crippen LogP contribution in [-0.4, -0.2) is 18.8 Å². The Morgan fingerprint density at radius 1 is 1.59 bits per heavy atom. The molecule has 1 heterocycles. The van der Waals surface area contributed by atoms with Crippen LogP contribution >= 0.6 is 27.7 Å². The van der Waals surface area contributed by atoms with Gasteiger partial charge in [-0.05, 0) is 47.0 Å². The molecular weight excluding hydrogens is 296 g/mol. The Balaban J connectivity index is 2.29. The van der Waals surface area contributed by atoms with Gasteiger partial charge in [-0.15, -0.1) is 11.8 Å². The molecule has 0 amide bonds. The number of halogens is 1. The fourth-order valence-corrected chi connectivity index (χ4v) is 4.55. The summed E-state index contributed by atoms with van der Waals surface area (Å²) in [6.45, 7) is 2.12. The van der Waals surface area contributed by atoms with Crippen LogP contribution in [0, 0.1) is 18.3 Å². The lowest BCUT2D eigenvalue weighted by molar-refractivity contribution is 0.634. The van der Waals surface area contributed by atoms with E-state index in [1.165, 1.54) is 16.1 Å². The van der Waals surface area contributed by atoms with Crippen LogP contribution in [0.25, 0.3) is 0 Å². The number of nitrogens with zero attached hydrogens (tertiary/aromatic N) is 2. The number of benzene rings is 1. The van der Waals surface area contributed by atoms with Gasteiger partial charge in [0.25, 0.3) is 0 Å². The number of rotatable bonds is 2. The van der Waals surface area contributed by atoms with Gasteiger partial charge in [-0.2, -0.15) is 5.26 Å². The smallest absolute Gasteiger partial charge is 0.0649 e. The third kappa shape index (κ3) is 2.61. The lowest BCUT2D eigenvalue weighted by atomic mass is 10.1. The molecule has 17 heavy (non-hydrogen) atoms. The van der Waals surface area contributed by atoms with E-state index in [4.69, 9.17) is 5.26 Å². The number of anilines is 1. The summed E-state index contributed by atoms with van der Waals surface area (Å²) < 4.78 is 1.16. The SMILES string of the molecule is Cc1cc(Br)c2c(c1)SCC(CCC#N)N2C. The molecule has 1 aromatic carbocycles. The highest BCUT2D eigenvalue weighted by Crippen LogP contribution is 2.42. The second-order valence-corrected chi connectivity index (χ2v) is 6.28. The maximum Gasteiger partial charge on any atom is 0.0649 e. The number of fused-ring (bicyclic) bond motifs is 1. The highest BCUT2D eigenvalue weighted by atomic mass is 79.9. The second-order valence-electron chi connectivity index (χ2n) is 4.37. The summed E-state index contributed by atoms with van der Waals surface area (Å²) in [6.07, 6.45) is 1.58. The largest absolute Gasteiger partial charge is 0.369 e. The minimum absolute atomic E-state index is 0.464. The molecule has 1 unspecified atom stereocenters. The maximum atomic E-state index is 8.68. The van der Waals surface area contributed by atoms with Gasteiger partial charge in [-0.25, -0.2) is 0 Å². The summed E-state index contributed by atoms with van der Waals surface area (Å²) >= 11 is 5.55. The zero-order valence-electron chi connectivity index (χ0n) is 10.0. The van der Waals surface area contributed by atoms with Gasteiger partial charge < -0.3 is 4.90 Å². The zero-order chi connectivity index (χ0) is 12.4. The van der Waals surface area contributed by atoms with Crippen LogP contribution in [0.1, 0.15) is 18.4 Å². The van der Waals surface area contributed by atoms with Gasteiger partial charge in [0, 0.05) is 34.6 Å². The first-order valence-corrected chi connectivity index (χ1v) is 7.44. The van der Waals surface area contributed by atoms with Crippen LogP contribution < -0.4 is 4.90 Å². The molecule has 4 heteroatoms. The molecule has 1 atom stereocenters. The molecule has 1 aromatic rings. The van der Waals surface area contributed by atoms with Crippen LogP contribution in [0.15, 0.2) is 21.5 Å². The number of thioether (sulfide) groups is 1. The van der Waals surface area contributed by atoms with Crippen LogP contribution in [0.3, 0.4) is 0 Å². The Morgan fingerprint density at radius 3 is 3.06 bits per heavy atom. The average molecular weight is 311 g/mol. The number of hydrogen-bond donors (Lipinski definition) is 0. The maximum absolute atomic E-state index is 8.68.